The molecule has 0 fully saturated rings. The second-order valence-electron chi connectivity index (χ2n) is 6.62. The van der Waals surface area contributed by atoms with Gasteiger partial charge in [-0.2, -0.15) is 0 Å². The third kappa shape index (κ3) is 5.42. The zero-order chi connectivity index (χ0) is 21.4. The van der Waals surface area contributed by atoms with Gasteiger partial charge in [0.25, 0.3) is 0 Å². The number of nitrogens with zero attached hydrogens (tertiary/aromatic N) is 1. The highest BCUT2D eigenvalue weighted by Crippen LogP contribution is 2.49. The van der Waals surface area contributed by atoms with Gasteiger partial charge in [-0.1, -0.05) is 32.0 Å². The number of benzene rings is 2. The molecule has 0 unspecified atom stereocenters. The highest BCUT2D eigenvalue weighted by Gasteiger charge is 2.27. The minimum absolute atomic E-state index is 0.120. The Morgan fingerprint density at radius 1 is 0.862 bits per heavy atom. The van der Waals surface area contributed by atoms with E-state index in [9.17, 15) is 28.7 Å². The molecule has 1 aromatic heterocycles. The van der Waals surface area contributed by atoms with E-state index in [0.29, 0.717) is 11.1 Å². The number of phosphoric ester groups is 2. The topological polar surface area (TPSA) is 146 Å². The van der Waals surface area contributed by atoms with Gasteiger partial charge in [-0.15, -0.1) is 0 Å². The SMILES string of the molecule is CC(C)c1c(OP(=O)(O)O)cc(-c2cnc3ccccc3c2)cc1OP(=O)(O)O. The van der Waals surface area contributed by atoms with Crippen LogP contribution in [-0.4, -0.2) is 24.6 Å². The van der Waals surface area contributed by atoms with E-state index >= 15 is 0 Å². The molecule has 0 aliphatic heterocycles. The fraction of sp³-hybridized carbons (Fsp3) is 0.167. The van der Waals surface area contributed by atoms with Crippen LogP contribution in [0.1, 0.15) is 25.3 Å². The molecule has 0 spiro atoms. The Morgan fingerprint density at radius 3 is 1.93 bits per heavy atom. The summed E-state index contributed by atoms with van der Waals surface area (Å²) < 4.78 is 32.5. The van der Waals surface area contributed by atoms with Gasteiger partial charge in [0.1, 0.15) is 11.5 Å². The van der Waals surface area contributed by atoms with E-state index < -0.39 is 21.6 Å². The Bertz CT molecular complexity index is 1110. The van der Waals surface area contributed by atoms with Gasteiger partial charge in [-0.25, -0.2) is 9.13 Å². The van der Waals surface area contributed by atoms with Crippen LogP contribution >= 0.6 is 15.6 Å². The van der Waals surface area contributed by atoms with Crippen LogP contribution in [-0.2, 0) is 9.13 Å². The molecule has 0 aliphatic carbocycles. The second-order valence-corrected chi connectivity index (χ2v) is 8.95. The molecule has 3 aromatic rings. The van der Waals surface area contributed by atoms with E-state index in [1.807, 2.05) is 24.3 Å². The molecule has 0 radical (unpaired) electrons. The van der Waals surface area contributed by atoms with Gasteiger partial charge < -0.3 is 9.05 Å². The predicted molar refractivity (Wildman–Crippen MR) is 107 cm³/mol. The lowest BCUT2D eigenvalue weighted by molar-refractivity contribution is 0.278. The van der Waals surface area contributed by atoms with Gasteiger partial charge in [0.15, 0.2) is 0 Å². The fourth-order valence-electron chi connectivity index (χ4n) is 2.97. The maximum absolute atomic E-state index is 11.5. The van der Waals surface area contributed by atoms with Crippen LogP contribution < -0.4 is 9.05 Å². The Morgan fingerprint density at radius 2 is 1.41 bits per heavy atom. The first-order valence-electron chi connectivity index (χ1n) is 8.46. The summed E-state index contributed by atoms with van der Waals surface area (Å²) in [5.74, 6) is -0.883. The van der Waals surface area contributed by atoms with Crippen molar-refractivity contribution < 1.29 is 37.8 Å². The van der Waals surface area contributed by atoms with E-state index in [2.05, 4.69) is 4.98 Å². The number of aromatic nitrogens is 1. The minimum Gasteiger partial charge on any atom is -0.404 e. The molecule has 1 heterocycles. The number of rotatable bonds is 6. The van der Waals surface area contributed by atoms with Crippen molar-refractivity contribution in [1.82, 2.24) is 4.98 Å². The van der Waals surface area contributed by atoms with Crippen LogP contribution in [0.3, 0.4) is 0 Å². The zero-order valence-corrected chi connectivity index (χ0v) is 17.2. The third-order valence-electron chi connectivity index (χ3n) is 4.04. The van der Waals surface area contributed by atoms with Crippen molar-refractivity contribution >= 4 is 26.5 Å². The summed E-state index contributed by atoms with van der Waals surface area (Å²) >= 11 is 0. The Balaban J connectivity index is 2.25. The van der Waals surface area contributed by atoms with E-state index in [0.717, 1.165) is 10.9 Å². The second kappa shape index (κ2) is 7.88. The van der Waals surface area contributed by atoms with Gasteiger partial charge >= 0.3 is 15.6 Å². The van der Waals surface area contributed by atoms with Gasteiger partial charge in [0.2, 0.25) is 0 Å². The normalized spacial score (nSPS) is 12.4. The lowest BCUT2D eigenvalue weighted by Crippen LogP contribution is -2.02. The summed E-state index contributed by atoms with van der Waals surface area (Å²) in [4.78, 5) is 41.5. The first kappa shape index (κ1) is 21.5. The van der Waals surface area contributed by atoms with Crippen molar-refractivity contribution in [2.24, 2.45) is 0 Å². The number of hydrogen-bond donors (Lipinski definition) is 4. The number of para-hydroxylation sites is 1. The molecule has 4 N–H and O–H groups in total. The number of hydrogen-bond acceptors (Lipinski definition) is 5. The van der Waals surface area contributed by atoms with Crippen molar-refractivity contribution in [2.45, 2.75) is 19.8 Å². The molecule has 0 bridgehead atoms. The monoisotopic (exact) mass is 439 g/mol. The molecule has 0 atom stereocenters. The van der Waals surface area contributed by atoms with Crippen LogP contribution in [0.25, 0.3) is 22.0 Å². The van der Waals surface area contributed by atoms with E-state index in [4.69, 9.17) is 9.05 Å². The summed E-state index contributed by atoms with van der Waals surface area (Å²) in [6.07, 6.45) is 1.54. The highest BCUT2D eigenvalue weighted by molar-refractivity contribution is 7.47. The quantitative estimate of drug-likeness (QED) is 0.419. The standard InChI is InChI=1S/C18H19NO8P2/c1-11(2)18-16(26-28(20,21)22)8-13(9-17(18)27-29(23,24)25)14-7-12-5-3-4-6-15(12)19-10-14/h3-11H,1-2H3,(H2,20,21,22)(H2,23,24,25). The molecule has 2 aromatic carbocycles. The molecule has 0 saturated carbocycles. The molecule has 0 saturated heterocycles. The number of fused-ring (bicyclic) bond motifs is 1. The Kier molecular flexibility index (Phi) is 5.83. The molecule has 11 heteroatoms. The van der Waals surface area contributed by atoms with Gasteiger partial charge in [-0.3, -0.25) is 24.6 Å². The van der Waals surface area contributed by atoms with Crippen LogP contribution in [0.2, 0.25) is 0 Å². The van der Waals surface area contributed by atoms with E-state index in [1.165, 1.54) is 18.3 Å². The average Bonchev–Trinajstić information content (AvgIpc) is 2.57. The Hall–Kier alpha value is -2.25. The lowest BCUT2D eigenvalue weighted by atomic mass is 9.96. The van der Waals surface area contributed by atoms with Crippen molar-refractivity contribution in [2.75, 3.05) is 0 Å². The molecule has 0 amide bonds. The largest absolute Gasteiger partial charge is 0.524 e. The summed E-state index contributed by atoms with van der Waals surface area (Å²) in [5, 5.41) is 0.813. The smallest absolute Gasteiger partial charge is 0.404 e. The molecule has 29 heavy (non-hydrogen) atoms. The number of pyridine rings is 1. The summed E-state index contributed by atoms with van der Waals surface area (Å²) in [7, 11) is -9.88. The van der Waals surface area contributed by atoms with Crippen molar-refractivity contribution in [3.8, 4) is 22.6 Å². The number of phosphoric acid groups is 2. The first-order chi connectivity index (χ1) is 13.4. The summed E-state index contributed by atoms with van der Waals surface area (Å²) in [6.45, 7) is 3.34. The minimum atomic E-state index is -4.94. The average molecular weight is 439 g/mol. The van der Waals surface area contributed by atoms with Gasteiger partial charge in [0.05, 0.1) is 5.52 Å². The maximum atomic E-state index is 11.5. The lowest BCUT2D eigenvalue weighted by Gasteiger charge is -2.20. The fourth-order valence-corrected chi connectivity index (χ4v) is 3.79. The molecule has 9 nitrogen and oxygen atoms in total. The predicted octanol–water partition coefficient (Wildman–Crippen LogP) is 3.97. The van der Waals surface area contributed by atoms with Crippen molar-refractivity contribution in [3.63, 3.8) is 0 Å². The zero-order valence-electron chi connectivity index (χ0n) is 15.5. The van der Waals surface area contributed by atoms with Gasteiger partial charge in [-0.05, 0) is 35.7 Å². The highest BCUT2D eigenvalue weighted by atomic mass is 31.2. The van der Waals surface area contributed by atoms with Crippen LogP contribution in [0.4, 0.5) is 0 Å². The van der Waals surface area contributed by atoms with Crippen molar-refractivity contribution in [1.29, 1.82) is 0 Å². The molecular weight excluding hydrogens is 420 g/mol. The van der Waals surface area contributed by atoms with Crippen LogP contribution in [0, 0.1) is 0 Å². The van der Waals surface area contributed by atoms with Crippen LogP contribution in [0.5, 0.6) is 11.5 Å². The van der Waals surface area contributed by atoms with E-state index in [-0.39, 0.29) is 17.1 Å². The molecular formula is C18H19NO8P2. The summed E-state index contributed by atoms with van der Waals surface area (Å²) in [5.41, 5.74) is 1.77. The summed E-state index contributed by atoms with van der Waals surface area (Å²) in [6, 6.07) is 11.9. The molecule has 154 valence electrons. The Labute approximate surface area is 166 Å². The van der Waals surface area contributed by atoms with Crippen molar-refractivity contribution in [3.05, 3.63) is 54.2 Å². The van der Waals surface area contributed by atoms with Gasteiger partial charge in [0, 0.05) is 22.7 Å². The maximum Gasteiger partial charge on any atom is 0.524 e. The first-order valence-corrected chi connectivity index (χ1v) is 11.5. The van der Waals surface area contributed by atoms with E-state index in [1.54, 1.807) is 19.9 Å². The molecule has 3 rings (SSSR count). The third-order valence-corrected chi connectivity index (χ3v) is 4.91. The van der Waals surface area contributed by atoms with Crippen LogP contribution in [0.15, 0.2) is 48.7 Å². The molecule has 0 aliphatic rings.